The zero-order chi connectivity index (χ0) is 32.6. The lowest BCUT2D eigenvalue weighted by Gasteiger charge is -2.24. The Morgan fingerprint density at radius 2 is 1.53 bits per heavy atom. The summed E-state index contributed by atoms with van der Waals surface area (Å²) in [4.78, 5) is 11.2. The summed E-state index contributed by atoms with van der Waals surface area (Å²) in [5.41, 5.74) is 7.19. The van der Waals surface area contributed by atoms with E-state index in [0.29, 0.717) is 33.0 Å². The van der Waals surface area contributed by atoms with Gasteiger partial charge in [-0.3, -0.25) is 4.79 Å². The average Bonchev–Trinajstić information content (AvgIpc) is 3.46. The third kappa shape index (κ3) is 6.95. The Hall–Kier alpha value is -4.46. The van der Waals surface area contributed by atoms with Gasteiger partial charge in [0.2, 0.25) is 21.7 Å². The summed E-state index contributed by atoms with van der Waals surface area (Å²) in [6.45, 7) is 0.974. The van der Waals surface area contributed by atoms with Crippen molar-refractivity contribution in [1.82, 2.24) is 4.31 Å². The van der Waals surface area contributed by atoms with Crippen LogP contribution < -0.4 is 5.73 Å². The molecular weight excluding hydrogens is 629 g/mol. The molecular formula is C32H27F3N2O6S2. The molecule has 0 aliphatic carbocycles. The van der Waals surface area contributed by atoms with Gasteiger partial charge in [0.1, 0.15) is 11.5 Å². The van der Waals surface area contributed by atoms with Crippen LogP contribution >= 0.6 is 0 Å². The fourth-order valence-corrected chi connectivity index (χ4v) is 7.93. The second-order valence-corrected chi connectivity index (χ2v) is 14.3. The number of primary amides is 1. The molecule has 1 amide bonds. The molecule has 0 aliphatic heterocycles. The van der Waals surface area contributed by atoms with Gasteiger partial charge in [0.25, 0.3) is 0 Å². The second-order valence-electron chi connectivity index (χ2n) is 10.4. The third-order valence-electron chi connectivity index (χ3n) is 7.12. The number of carbonyl (C=O) groups excluding carboxylic acids is 1. The summed E-state index contributed by atoms with van der Waals surface area (Å²) in [5.74, 6) is -3.24. The Morgan fingerprint density at radius 3 is 2.20 bits per heavy atom. The molecule has 0 radical (unpaired) electrons. The van der Waals surface area contributed by atoms with E-state index in [4.69, 9.17) is 10.2 Å². The number of sulfonamides is 1. The van der Waals surface area contributed by atoms with Crippen LogP contribution in [0.1, 0.15) is 22.6 Å². The molecule has 0 atom stereocenters. The summed E-state index contributed by atoms with van der Waals surface area (Å²) in [5, 5.41) is 1.16. The quantitative estimate of drug-likeness (QED) is 0.194. The molecule has 45 heavy (non-hydrogen) atoms. The Morgan fingerprint density at radius 1 is 0.822 bits per heavy atom. The zero-order valence-corrected chi connectivity index (χ0v) is 25.4. The molecule has 0 bridgehead atoms. The number of furan rings is 1. The number of sulfone groups is 1. The standard InChI is InChI=1S/C32H27F3N2O6S2/c1-21-9-12-24-5-2-3-8-28(24)31(21)45(41,42)37(19-26-15-16-29(43-26)32(33,34)35)18-22-10-13-23(14-11-22)25-6-4-7-27(17-25)44(39,40)20-30(36)38/h2-17H,18-20H2,1H3,(H2,36,38). The minimum atomic E-state index is -4.74. The number of alkyl halides is 3. The van der Waals surface area contributed by atoms with E-state index in [1.165, 1.54) is 18.2 Å². The highest BCUT2D eigenvalue weighted by Crippen LogP contribution is 2.34. The number of amides is 1. The lowest BCUT2D eigenvalue weighted by atomic mass is 10.0. The second kappa shape index (κ2) is 12.1. The normalized spacial score (nSPS) is 12.6. The smallest absolute Gasteiger partial charge is 0.449 e. The zero-order valence-electron chi connectivity index (χ0n) is 23.8. The Bertz CT molecular complexity index is 2110. The summed E-state index contributed by atoms with van der Waals surface area (Å²) < 4.78 is 99.3. The number of halogens is 3. The summed E-state index contributed by atoms with van der Waals surface area (Å²) in [7, 11) is -8.23. The van der Waals surface area contributed by atoms with E-state index in [1.54, 1.807) is 73.7 Å². The van der Waals surface area contributed by atoms with Crippen LogP contribution in [-0.4, -0.2) is 32.8 Å². The monoisotopic (exact) mass is 656 g/mol. The van der Waals surface area contributed by atoms with Gasteiger partial charge in [-0.2, -0.15) is 17.5 Å². The highest BCUT2D eigenvalue weighted by atomic mass is 32.2. The van der Waals surface area contributed by atoms with Gasteiger partial charge in [-0.1, -0.05) is 72.8 Å². The van der Waals surface area contributed by atoms with Gasteiger partial charge in [0, 0.05) is 11.9 Å². The minimum absolute atomic E-state index is 0.0359. The predicted octanol–water partition coefficient (Wildman–Crippen LogP) is 6.08. The van der Waals surface area contributed by atoms with Crippen molar-refractivity contribution in [2.45, 2.75) is 36.0 Å². The molecule has 0 fully saturated rings. The van der Waals surface area contributed by atoms with E-state index in [0.717, 1.165) is 16.4 Å². The van der Waals surface area contributed by atoms with Crippen molar-refractivity contribution in [2.75, 3.05) is 5.75 Å². The largest absolute Gasteiger partial charge is 0.455 e. The summed E-state index contributed by atoms with van der Waals surface area (Å²) >= 11 is 0. The first-order valence-electron chi connectivity index (χ1n) is 13.5. The number of nitrogens with two attached hydrogens (primary N) is 1. The van der Waals surface area contributed by atoms with Crippen molar-refractivity contribution in [3.8, 4) is 11.1 Å². The van der Waals surface area contributed by atoms with E-state index in [9.17, 15) is 34.8 Å². The van der Waals surface area contributed by atoms with Gasteiger partial charge in [-0.15, -0.1) is 0 Å². The van der Waals surface area contributed by atoms with Crippen LogP contribution in [0, 0.1) is 6.92 Å². The van der Waals surface area contributed by atoms with E-state index >= 15 is 0 Å². The maximum atomic E-state index is 14.2. The number of hydrogen-bond donors (Lipinski definition) is 1. The number of hydrogen-bond acceptors (Lipinski definition) is 6. The van der Waals surface area contributed by atoms with Crippen LogP contribution in [0.2, 0.25) is 0 Å². The van der Waals surface area contributed by atoms with Crippen LogP contribution in [0.4, 0.5) is 13.2 Å². The van der Waals surface area contributed by atoms with Crippen LogP contribution in [0.5, 0.6) is 0 Å². The number of rotatable bonds is 10. The van der Waals surface area contributed by atoms with E-state index in [-0.39, 0.29) is 22.1 Å². The van der Waals surface area contributed by atoms with Crippen LogP contribution in [0.3, 0.4) is 0 Å². The Kier molecular flexibility index (Phi) is 8.62. The molecule has 2 N–H and O–H groups in total. The maximum Gasteiger partial charge on any atom is 0.449 e. The molecule has 0 unspecified atom stereocenters. The first-order chi connectivity index (χ1) is 21.1. The SMILES string of the molecule is Cc1ccc2ccccc2c1S(=O)(=O)N(Cc1ccc(-c2cccc(S(=O)(=O)CC(N)=O)c2)cc1)Cc1ccc(C(F)(F)F)o1. The Balaban J connectivity index is 1.51. The first-order valence-corrected chi connectivity index (χ1v) is 16.6. The molecule has 0 aliphatic rings. The molecule has 4 aromatic carbocycles. The molecule has 0 saturated heterocycles. The number of fused-ring (bicyclic) bond motifs is 1. The summed E-state index contributed by atoms with van der Waals surface area (Å²) in [6, 6.07) is 24.8. The van der Waals surface area contributed by atoms with Crippen molar-refractivity contribution in [2.24, 2.45) is 5.73 Å². The van der Waals surface area contributed by atoms with Gasteiger partial charge in [-0.05, 0) is 58.8 Å². The molecule has 1 aromatic heterocycles. The molecule has 0 saturated carbocycles. The van der Waals surface area contributed by atoms with Crippen molar-refractivity contribution in [3.63, 3.8) is 0 Å². The number of benzene rings is 4. The molecule has 1 heterocycles. The highest BCUT2D eigenvalue weighted by molar-refractivity contribution is 7.92. The Labute approximate surface area is 257 Å². The number of aryl methyl sites for hydroxylation is 1. The average molecular weight is 657 g/mol. The van der Waals surface area contributed by atoms with Crippen molar-refractivity contribution >= 4 is 36.5 Å². The third-order valence-corrected chi connectivity index (χ3v) is 10.8. The maximum absolute atomic E-state index is 14.2. The molecule has 234 valence electrons. The fourth-order valence-electron chi connectivity index (χ4n) is 4.98. The van der Waals surface area contributed by atoms with Gasteiger partial charge < -0.3 is 10.2 Å². The molecule has 5 rings (SSSR count). The highest BCUT2D eigenvalue weighted by Gasteiger charge is 2.36. The molecule has 0 spiro atoms. The number of carbonyl (C=O) groups is 1. The first kappa shape index (κ1) is 31.9. The van der Waals surface area contributed by atoms with Crippen LogP contribution in [0.25, 0.3) is 21.9 Å². The van der Waals surface area contributed by atoms with Crippen LogP contribution in [-0.2, 0) is 43.9 Å². The van der Waals surface area contributed by atoms with Crippen molar-refractivity contribution < 1.29 is 39.2 Å². The van der Waals surface area contributed by atoms with E-state index in [2.05, 4.69) is 0 Å². The molecule has 13 heteroatoms. The van der Waals surface area contributed by atoms with Gasteiger partial charge in [0.05, 0.1) is 16.3 Å². The molecule has 8 nitrogen and oxygen atoms in total. The predicted molar refractivity (Wildman–Crippen MR) is 162 cm³/mol. The van der Waals surface area contributed by atoms with Gasteiger partial charge in [0.15, 0.2) is 9.84 Å². The topological polar surface area (TPSA) is 128 Å². The lowest BCUT2D eigenvalue weighted by Crippen LogP contribution is -2.31. The summed E-state index contributed by atoms with van der Waals surface area (Å²) in [6.07, 6.45) is -4.74. The van der Waals surface area contributed by atoms with Gasteiger partial charge in [-0.25, -0.2) is 16.8 Å². The van der Waals surface area contributed by atoms with Crippen molar-refractivity contribution in [3.05, 3.63) is 120 Å². The molecule has 5 aromatic rings. The lowest BCUT2D eigenvalue weighted by molar-refractivity contribution is -0.153. The van der Waals surface area contributed by atoms with Crippen LogP contribution in [0.15, 0.2) is 111 Å². The fraction of sp³-hybridized carbons (Fsp3) is 0.156. The van der Waals surface area contributed by atoms with E-state index < -0.39 is 50.0 Å². The van der Waals surface area contributed by atoms with Crippen molar-refractivity contribution in [1.29, 1.82) is 0 Å². The van der Waals surface area contributed by atoms with Gasteiger partial charge >= 0.3 is 6.18 Å². The van der Waals surface area contributed by atoms with E-state index in [1.807, 2.05) is 0 Å². The minimum Gasteiger partial charge on any atom is -0.455 e. The number of nitrogens with zero attached hydrogens (tertiary/aromatic N) is 1.